The number of aliphatic hydroxyl groups is 3. The van der Waals surface area contributed by atoms with E-state index >= 15 is 0 Å². The van der Waals surface area contributed by atoms with Gasteiger partial charge in [-0.15, -0.1) is 0 Å². The van der Waals surface area contributed by atoms with Gasteiger partial charge in [0.1, 0.15) is 30.7 Å². The standard InChI is InChI=1S/C57H97N3O16P2/c1-4-47(3)38-34-30-26-22-18-14-10-8-6-7-9-11-16-20-24-28-32-36-40-52(62)71-44-49(74-53(63)41-37-33-29-25-21-17-13-12-15-19-23-27-31-35-39-48(61)5-2)45-72-77(67,68)76-78(69,70)73-46-50-54(64)55(65)56(75-50)60-43-42-51(58)59-57(60)66/h13,15,17,19,25,27,29,31,35,39,42-43,47-50,54-56,61,64-65H,4-12,14,16,18,20-24,26,28,30,32-34,36-38,40-41,44-46H2,1-3H3,(H,67,68)(H,69,70)(H2,58,59,66)/b17-13-,19-15-,29-25-,31-27-,39-35+/t47?,48-,49-,50-,54-,55-,56-/m1/s1. The fraction of sp³-hybridized carbons (Fsp3) is 0.719. The van der Waals surface area contributed by atoms with Gasteiger partial charge < -0.3 is 45.1 Å². The van der Waals surface area contributed by atoms with Crippen LogP contribution in [0.2, 0.25) is 0 Å². The number of unbranched alkanes of at least 4 members (excludes halogenated alkanes) is 18. The monoisotopic (exact) mass is 1140 g/mol. The van der Waals surface area contributed by atoms with Crippen LogP contribution in [0.3, 0.4) is 0 Å². The quantitative estimate of drug-likeness (QED) is 0.0116. The molecule has 2 heterocycles. The van der Waals surface area contributed by atoms with E-state index in [9.17, 15) is 48.6 Å². The molecule has 2 rings (SSSR count). The molecule has 7 N–H and O–H groups in total. The topological polar surface area (TPSA) is 286 Å². The second-order valence-corrected chi connectivity index (χ2v) is 23.3. The molecule has 19 nitrogen and oxygen atoms in total. The first-order valence-electron chi connectivity index (χ1n) is 28.8. The van der Waals surface area contributed by atoms with Crippen molar-refractivity contribution in [3.63, 3.8) is 0 Å². The van der Waals surface area contributed by atoms with Crippen molar-refractivity contribution in [3.05, 3.63) is 83.5 Å². The zero-order chi connectivity index (χ0) is 57.3. The van der Waals surface area contributed by atoms with Crippen molar-refractivity contribution in [2.75, 3.05) is 25.6 Å². The van der Waals surface area contributed by atoms with Crippen LogP contribution in [0.1, 0.15) is 207 Å². The molecule has 1 saturated heterocycles. The van der Waals surface area contributed by atoms with Gasteiger partial charge in [0, 0.05) is 19.0 Å². The highest BCUT2D eigenvalue weighted by molar-refractivity contribution is 7.61. The molecule has 1 aromatic rings. The number of hydrogen-bond donors (Lipinski definition) is 6. The second-order valence-electron chi connectivity index (χ2n) is 20.2. The number of carbonyl (C=O) groups excluding carboxylic acids is 2. The van der Waals surface area contributed by atoms with Gasteiger partial charge >= 0.3 is 33.3 Å². The van der Waals surface area contributed by atoms with E-state index in [1.807, 2.05) is 49.5 Å². The van der Waals surface area contributed by atoms with E-state index in [1.165, 1.54) is 102 Å². The fourth-order valence-corrected chi connectivity index (χ4v) is 10.4. The van der Waals surface area contributed by atoms with Gasteiger partial charge in [0.05, 0.1) is 19.3 Å². The van der Waals surface area contributed by atoms with Gasteiger partial charge in [-0.05, 0) is 56.9 Å². The molecule has 0 saturated carbocycles. The summed E-state index contributed by atoms with van der Waals surface area (Å²) in [5.74, 6) is -0.515. The highest BCUT2D eigenvalue weighted by Crippen LogP contribution is 2.60. The van der Waals surface area contributed by atoms with Crippen molar-refractivity contribution in [2.24, 2.45) is 5.92 Å². The van der Waals surface area contributed by atoms with Crippen molar-refractivity contribution >= 4 is 33.4 Å². The molecule has 1 aliphatic rings. The number of phosphoric ester groups is 2. The van der Waals surface area contributed by atoms with Crippen LogP contribution in [0.5, 0.6) is 0 Å². The van der Waals surface area contributed by atoms with Crippen LogP contribution in [0.4, 0.5) is 5.82 Å². The molecular weight excluding hydrogens is 1040 g/mol. The van der Waals surface area contributed by atoms with E-state index in [4.69, 9.17) is 29.0 Å². The SMILES string of the molecule is CCC(C)CCCCCCCCCCCCCCCCCCCCC(=O)OC[C@H](COP(=O)(O)OP(=O)(O)OC[C@H]1O[C@@H](n2ccc(N)nc2=O)[C@H](O)[C@@H]1O)OC(=O)CCC/C=C\C/C=C\C/C=C\C/C=C\C=C\[C@H](O)CC. The molecule has 21 heteroatoms. The van der Waals surface area contributed by atoms with Gasteiger partial charge in [0.15, 0.2) is 12.3 Å². The van der Waals surface area contributed by atoms with Crippen LogP contribution in [0.15, 0.2) is 77.8 Å². The number of hydrogen-bond acceptors (Lipinski definition) is 16. The molecule has 78 heavy (non-hydrogen) atoms. The molecule has 1 fully saturated rings. The molecular formula is C57H97N3O16P2. The highest BCUT2D eigenvalue weighted by atomic mass is 31.3. The Morgan fingerprint density at radius 1 is 0.705 bits per heavy atom. The van der Waals surface area contributed by atoms with Gasteiger partial charge in [-0.3, -0.25) is 23.2 Å². The number of rotatable bonds is 47. The molecule has 0 spiro atoms. The van der Waals surface area contributed by atoms with Crippen LogP contribution in [-0.4, -0.2) is 96.9 Å². The average Bonchev–Trinajstić information content (AvgIpc) is 3.73. The summed E-state index contributed by atoms with van der Waals surface area (Å²) < 4.78 is 56.9. The number of allylic oxidation sites excluding steroid dienone is 9. The average molecular weight is 1140 g/mol. The first kappa shape index (κ1) is 70.5. The van der Waals surface area contributed by atoms with Gasteiger partial charge in [0.25, 0.3) is 0 Å². The van der Waals surface area contributed by atoms with Crippen molar-refractivity contribution in [3.8, 4) is 0 Å². The molecule has 0 aliphatic carbocycles. The lowest BCUT2D eigenvalue weighted by Crippen LogP contribution is -2.36. The lowest BCUT2D eigenvalue weighted by Gasteiger charge is -2.21. The summed E-state index contributed by atoms with van der Waals surface area (Å²) >= 11 is 0. The largest absolute Gasteiger partial charge is 0.481 e. The summed E-state index contributed by atoms with van der Waals surface area (Å²) in [6.07, 6.45) is 41.0. The third-order valence-electron chi connectivity index (χ3n) is 13.3. The lowest BCUT2D eigenvalue weighted by atomic mass is 9.99. The molecule has 446 valence electrons. The number of esters is 2. The first-order chi connectivity index (χ1) is 37.5. The number of ether oxygens (including phenoxy) is 3. The van der Waals surface area contributed by atoms with Crippen LogP contribution in [0, 0.1) is 5.92 Å². The molecule has 1 aliphatic heterocycles. The molecule has 0 radical (unpaired) electrons. The second kappa shape index (κ2) is 43.2. The van der Waals surface area contributed by atoms with Crippen LogP contribution in [-0.2, 0) is 46.3 Å². The number of phosphoric acid groups is 2. The summed E-state index contributed by atoms with van der Waals surface area (Å²) in [5.41, 5.74) is 4.59. The maximum absolute atomic E-state index is 12.9. The number of aliphatic hydroxyl groups excluding tert-OH is 3. The van der Waals surface area contributed by atoms with Crippen LogP contribution < -0.4 is 11.4 Å². The lowest BCUT2D eigenvalue weighted by molar-refractivity contribution is -0.161. The van der Waals surface area contributed by atoms with E-state index in [2.05, 4.69) is 35.3 Å². The number of anilines is 1. The Morgan fingerprint density at radius 2 is 1.23 bits per heavy atom. The van der Waals surface area contributed by atoms with E-state index in [0.717, 1.165) is 55.2 Å². The van der Waals surface area contributed by atoms with Crippen LogP contribution >= 0.6 is 15.6 Å². The van der Waals surface area contributed by atoms with Crippen molar-refractivity contribution < 1.29 is 71.4 Å². The number of nitrogen functional groups attached to an aromatic ring is 1. The summed E-state index contributed by atoms with van der Waals surface area (Å²) in [6, 6.07) is 1.24. The summed E-state index contributed by atoms with van der Waals surface area (Å²) in [6.45, 7) is 4.17. The minimum atomic E-state index is -5.45. The van der Waals surface area contributed by atoms with E-state index in [1.54, 1.807) is 6.08 Å². The summed E-state index contributed by atoms with van der Waals surface area (Å²) in [5, 5.41) is 30.5. The Morgan fingerprint density at radius 3 is 1.79 bits per heavy atom. The zero-order valence-electron chi connectivity index (χ0n) is 47.0. The van der Waals surface area contributed by atoms with Crippen LogP contribution in [0.25, 0.3) is 0 Å². The number of carbonyl (C=O) groups is 2. The maximum Gasteiger partial charge on any atom is 0.481 e. The molecule has 0 bridgehead atoms. The normalized spacial score (nSPS) is 19.8. The Kier molecular flexibility index (Phi) is 39.1. The third kappa shape index (κ3) is 35.2. The van der Waals surface area contributed by atoms with Gasteiger partial charge in [0.2, 0.25) is 0 Å². The molecule has 0 aromatic carbocycles. The Hall–Kier alpha value is -3.58. The molecule has 0 amide bonds. The Labute approximate surface area is 465 Å². The minimum absolute atomic E-state index is 0.0427. The first-order valence-corrected chi connectivity index (χ1v) is 31.8. The molecule has 9 atom stereocenters. The summed E-state index contributed by atoms with van der Waals surface area (Å²) in [4.78, 5) is 62.1. The predicted octanol–water partition coefficient (Wildman–Crippen LogP) is 11.9. The molecule has 1 aromatic heterocycles. The van der Waals surface area contributed by atoms with E-state index in [-0.39, 0.29) is 18.7 Å². The number of nitrogens with zero attached hydrogens (tertiary/aromatic N) is 2. The smallest absolute Gasteiger partial charge is 0.462 e. The van der Waals surface area contributed by atoms with E-state index < -0.39 is 89.8 Å². The molecule has 3 unspecified atom stereocenters. The fourth-order valence-electron chi connectivity index (χ4n) is 8.34. The zero-order valence-corrected chi connectivity index (χ0v) is 48.8. The summed E-state index contributed by atoms with van der Waals surface area (Å²) in [7, 11) is -10.9. The van der Waals surface area contributed by atoms with Crippen molar-refractivity contribution in [1.29, 1.82) is 0 Å². The van der Waals surface area contributed by atoms with Gasteiger partial charge in [-0.25, -0.2) is 13.9 Å². The number of aromatic nitrogens is 2. The van der Waals surface area contributed by atoms with E-state index in [0.29, 0.717) is 32.1 Å². The Bertz CT molecular complexity index is 2080. The predicted molar refractivity (Wildman–Crippen MR) is 304 cm³/mol. The Balaban J connectivity index is 1.76. The maximum atomic E-state index is 12.9. The number of nitrogens with two attached hydrogens (primary N) is 1. The third-order valence-corrected chi connectivity index (χ3v) is 15.9. The van der Waals surface area contributed by atoms with Crippen molar-refractivity contribution in [2.45, 2.75) is 237 Å². The minimum Gasteiger partial charge on any atom is -0.462 e. The highest BCUT2D eigenvalue weighted by Gasteiger charge is 2.46. The van der Waals surface area contributed by atoms with Gasteiger partial charge in [-0.2, -0.15) is 9.29 Å². The van der Waals surface area contributed by atoms with Crippen molar-refractivity contribution in [1.82, 2.24) is 9.55 Å². The van der Waals surface area contributed by atoms with Gasteiger partial charge in [-0.1, -0.05) is 204 Å².